The molecule has 0 atom stereocenters. The van der Waals surface area contributed by atoms with Gasteiger partial charge in [0.15, 0.2) is 0 Å². The van der Waals surface area contributed by atoms with Crippen molar-refractivity contribution in [3.05, 3.63) is 65.2 Å². The number of rotatable bonds is 18. The fourth-order valence-electron chi connectivity index (χ4n) is 4.31. The number of hydrogen-bond acceptors (Lipinski definition) is 3. The number of ether oxygens (including phenoxy) is 2. The van der Waals surface area contributed by atoms with Crippen molar-refractivity contribution >= 4 is 5.97 Å². The normalized spacial score (nSPS) is 10.8. The van der Waals surface area contributed by atoms with E-state index in [2.05, 4.69) is 6.92 Å². The van der Waals surface area contributed by atoms with Gasteiger partial charge in [0, 0.05) is 0 Å². The summed E-state index contributed by atoms with van der Waals surface area (Å²) < 4.78 is 11.1. The number of benzene rings is 2. The van der Waals surface area contributed by atoms with E-state index in [4.69, 9.17) is 9.47 Å². The zero-order valence-electron chi connectivity index (χ0n) is 21.0. The molecule has 33 heavy (non-hydrogen) atoms. The van der Waals surface area contributed by atoms with Crippen LogP contribution < -0.4 is 4.74 Å². The van der Waals surface area contributed by atoms with Crippen molar-refractivity contribution in [2.45, 2.75) is 103 Å². The Balaban J connectivity index is 1.69. The Bertz CT molecular complexity index is 769. The number of carbonyl (C=O) groups excluding carboxylic acids is 1. The molecule has 3 nitrogen and oxygen atoms in total. The number of aryl methyl sites for hydroxylation is 1. The van der Waals surface area contributed by atoms with E-state index in [0.717, 1.165) is 24.0 Å². The second-order valence-electron chi connectivity index (χ2n) is 9.05. The van der Waals surface area contributed by atoms with Crippen LogP contribution >= 0.6 is 0 Å². The van der Waals surface area contributed by atoms with Gasteiger partial charge in [-0.25, -0.2) is 4.79 Å². The topological polar surface area (TPSA) is 35.5 Å². The summed E-state index contributed by atoms with van der Waals surface area (Å²) in [6.07, 6.45) is 18.3. The molecule has 182 valence electrons. The van der Waals surface area contributed by atoms with Gasteiger partial charge < -0.3 is 9.47 Å². The lowest BCUT2D eigenvalue weighted by atomic mass is 9.99. The minimum absolute atomic E-state index is 0.316. The van der Waals surface area contributed by atoms with Crippen LogP contribution in [0.25, 0.3) is 0 Å². The first-order valence-corrected chi connectivity index (χ1v) is 13.1. The molecule has 0 amide bonds. The molecular weight excluding hydrogens is 408 g/mol. The summed E-state index contributed by atoms with van der Waals surface area (Å²) in [5.74, 6) is 0.293. The van der Waals surface area contributed by atoms with Gasteiger partial charge in [0.1, 0.15) is 17.9 Å². The van der Waals surface area contributed by atoms with Crippen LogP contribution in [0.4, 0.5) is 0 Å². The van der Waals surface area contributed by atoms with Gasteiger partial charge in [-0.1, -0.05) is 126 Å². The van der Waals surface area contributed by atoms with Crippen LogP contribution in [-0.2, 0) is 17.8 Å². The highest BCUT2D eigenvalue weighted by Gasteiger charge is 2.18. The largest absolute Gasteiger partial charge is 0.488 e. The maximum absolute atomic E-state index is 12.5. The van der Waals surface area contributed by atoms with Gasteiger partial charge in [0.2, 0.25) is 0 Å². The summed E-state index contributed by atoms with van der Waals surface area (Å²) in [7, 11) is 1.44. The average Bonchev–Trinajstić information content (AvgIpc) is 2.85. The number of carbonyl (C=O) groups is 1. The zero-order chi connectivity index (χ0) is 23.6. The molecule has 0 aliphatic carbocycles. The van der Waals surface area contributed by atoms with E-state index < -0.39 is 0 Å². The Morgan fingerprint density at radius 1 is 0.697 bits per heavy atom. The van der Waals surface area contributed by atoms with E-state index in [1.807, 2.05) is 48.5 Å². The fourth-order valence-corrected chi connectivity index (χ4v) is 4.31. The third-order valence-corrected chi connectivity index (χ3v) is 6.29. The lowest BCUT2D eigenvalue weighted by Gasteiger charge is -2.14. The van der Waals surface area contributed by atoms with Crippen LogP contribution in [0.15, 0.2) is 48.5 Å². The van der Waals surface area contributed by atoms with Crippen molar-refractivity contribution in [3.63, 3.8) is 0 Å². The van der Waals surface area contributed by atoms with Crippen LogP contribution in [-0.4, -0.2) is 13.1 Å². The molecule has 0 saturated carbocycles. The van der Waals surface area contributed by atoms with E-state index >= 15 is 0 Å². The Kier molecular flexibility index (Phi) is 14.1. The van der Waals surface area contributed by atoms with Crippen LogP contribution in [0.3, 0.4) is 0 Å². The Morgan fingerprint density at radius 2 is 1.27 bits per heavy atom. The van der Waals surface area contributed by atoms with E-state index in [1.165, 1.54) is 84.2 Å². The second kappa shape index (κ2) is 17.2. The summed E-state index contributed by atoms with van der Waals surface area (Å²) in [6.45, 7) is 2.71. The molecule has 0 spiro atoms. The molecule has 2 aromatic carbocycles. The molecule has 0 unspecified atom stereocenters. The van der Waals surface area contributed by atoms with Gasteiger partial charge in [-0.15, -0.1) is 0 Å². The molecule has 0 aromatic heterocycles. The fraction of sp³-hybridized carbons (Fsp3) is 0.567. The monoisotopic (exact) mass is 452 g/mol. The maximum atomic E-state index is 12.5. The predicted molar refractivity (Wildman–Crippen MR) is 138 cm³/mol. The molecule has 0 aliphatic rings. The van der Waals surface area contributed by atoms with Gasteiger partial charge >= 0.3 is 5.97 Å². The minimum Gasteiger partial charge on any atom is -0.488 e. The Labute approximate surface area is 201 Å². The van der Waals surface area contributed by atoms with Crippen LogP contribution in [0.1, 0.15) is 112 Å². The molecule has 3 heteroatoms. The first-order chi connectivity index (χ1) is 16.3. The highest BCUT2D eigenvalue weighted by atomic mass is 16.5. The molecule has 0 N–H and O–H groups in total. The van der Waals surface area contributed by atoms with E-state index in [1.54, 1.807) is 0 Å². The Morgan fingerprint density at radius 3 is 1.85 bits per heavy atom. The highest BCUT2D eigenvalue weighted by molar-refractivity contribution is 5.94. The molecule has 0 heterocycles. The molecule has 2 rings (SSSR count). The van der Waals surface area contributed by atoms with Crippen molar-refractivity contribution in [2.24, 2.45) is 0 Å². The summed E-state index contributed by atoms with van der Waals surface area (Å²) in [5, 5.41) is 0. The number of hydrogen-bond donors (Lipinski definition) is 0. The molecule has 0 fully saturated rings. The Hall–Kier alpha value is -2.29. The summed E-state index contributed by atoms with van der Waals surface area (Å²) in [4.78, 5) is 12.5. The molecule has 0 saturated heterocycles. The summed E-state index contributed by atoms with van der Waals surface area (Å²) in [5.41, 5.74) is 2.68. The van der Waals surface area contributed by atoms with Crippen LogP contribution in [0.2, 0.25) is 0 Å². The quantitative estimate of drug-likeness (QED) is 0.168. The van der Waals surface area contributed by atoms with Crippen molar-refractivity contribution in [2.75, 3.05) is 7.11 Å². The van der Waals surface area contributed by atoms with Crippen molar-refractivity contribution < 1.29 is 14.3 Å². The molecular formula is C30H44O3. The number of methoxy groups -OCH3 is 1. The van der Waals surface area contributed by atoms with Gasteiger partial charge in [0.25, 0.3) is 0 Å². The van der Waals surface area contributed by atoms with E-state index in [9.17, 15) is 4.79 Å². The first-order valence-electron chi connectivity index (χ1n) is 13.1. The van der Waals surface area contributed by atoms with E-state index in [-0.39, 0.29) is 5.97 Å². The molecule has 0 bridgehead atoms. The first kappa shape index (κ1) is 27.0. The number of esters is 1. The maximum Gasteiger partial charge on any atom is 0.341 e. The third-order valence-electron chi connectivity index (χ3n) is 6.29. The minimum atomic E-state index is -0.316. The smallest absolute Gasteiger partial charge is 0.341 e. The highest BCUT2D eigenvalue weighted by Crippen LogP contribution is 2.26. The van der Waals surface area contributed by atoms with Gasteiger partial charge in [-0.05, 0) is 30.0 Å². The molecule has 0 aliphatic heterocycles. The number of unbranched alkanes of at least 4 members (excludes halogenated alkanes) is 12. The zero-order valence-corrected chi connectivity index (χ0v) is 21.0. The molecule has 0 radical (unpaired) electrons. The average molecular weight is 453 g/mol. The lowest BCUT2D eigenvalue weighted by Crippen LogP contribution is -2.09. The van der Waals surface area contributed by atoms with Crippen molar-refractivity contribution in [1.29, 1.82) is 0 Å². The van der Waals surface area contributed by atoms with Crippen LogP contribution in [0, 0.1) is 0 Å². The van der Waals surface area contributed by atoms with Crippen molar-refractivity contribution in [3.8, 4) is 5.75 Å². The molecule has 2 aromatic rings. The predicted octanol–water partition coefficient (Wildman–Crippen LogP) is 8.69. The SMILES string of the molecule is CCCCCCCCCCCCCCCc1cccc(OCc2ccccc2)c1C(=O)OC. The third kappa shape index (κ3) is 10.9. The second-order valence-corrected chi connectivity index (χ2v) is 9.05. The van der Waals surface area contributed by atoms with Gasteiger partial charge in [-0.3, -0.25) is 0 Å². The van der Waals surface area contributed by atoms with Gasteiger partial charge in [-0.2, -0.15) is 0 Å². The van der Waals surface area contributed by atoms with Gasteiger partial charge in [0.05, 0.1) is 7.11 Å². The van der Waals surface area contributed by atoms with Crippen LogP contribution in [0.5, 0.6) is 5.75 Å². The summed E-state index contributed by atoms with van der Waals surface area (Å²) in [6, 6.07) is 15.9. The van der Waals surface area contributed by atoms with E-state index in [0.29, 0.717) is 17.9 Å². The summed E-state index contributed by atoms with van der Waals surface area (Å²) >= 11 is 0. The van der Waals surface area contributed by atoms with Crippen molar-refractivity contribution in [1.82, 2.24) is 0 Å². The standard InChI is InChI=1S/C30H44O3/c1-3-4-5-6-7-8-9-10-11-12-13-14-18-22-27-23-19-24-28(29(27)30(31)32-2)33-25-26-20-16-15-17-21-26/h15-17,19-21,23-24H,3-14,18,22,25H2,1-2H3. The lowest BCUT2D eigenvalue weighted by molar-refractivity contribution is 0.0594.